The summed E-state index contributed by atoms with van der Waals surface area (Å²) in [5.41, 5.74) is 0. The lowest BCUT2D eigenvalue weighted by molar-refractivity contribution is 0.397. The molecule has 15 heavy (non-hydrogen) atoms. The molecular formula is C9H23N3O2S. The molecule has 5 nitrogen and oxygen atoms in total. The Morgan fingerprint density at radius 2 is 1.73 bits per heavy atom. The highest BCUT2D eigenvalue weighted by molar-refractivity contribution is 7.87. The molecule has 0 aromatic carbocycles. The predicted molar refractivity (Wildman–Crippen MR) is 62.9 cm³/mol. The van der Waals surface area contributed by atoms with Crippen molar-refractivity contribution in [1.29, 1.82) is 0 Å². The Hall–Kier alpha value is -0.170. The molecule has 0 radical (unpaired) electrons. The van der Waals surface area contributed by atoms with Gasteiger partial charge in [0.2, 0.25) is 0 Å². The highest BCUT2D eigenvalue weighted by atomic mass is 32.2. The van der Waals surface area contributed by atoms with E-state index in [9.17, 15) is 8.42 Å². The predicted octanol–water partition coefficient (Wildman–Crippen LogP) is 0.0165. The van der Waals surface area contributed by atoms with Crippen molar-refractivity contribution in [2.45, 2.75) is 26.8 Å². The summed E-state index contributed by atoms with van der Waals surface area (Å²) in [7, 11) is 0.114. The van der Waals surface area contributed by atoms with E-state index in [0.29, 0.717) is 6.54 Å². The first-order valence-electron chi connectivity index (χ1n) is 5.18. The fourth-order valence-corrected chi connectivity index (χ4v) is 2.30. The molecule has 0 aliphatic heterocycles. The topological polar surface area (TPSA) is 61.4 Å². The van der Waals surface area contributed by atoms with Gasteiger partial charge in [0.15, 0.2) is 0 Å². The van der Waals surface area contributed by atoms with Crippen molar-refractivity contribution in [3.8, 4) is 0 Å². The minimum atomic E-state index is -3.32. The van der Waals surface area contributed by atoms with E-state index in [1.165, 1.54) is 4.31 Å². The van der Waals surface area contributed by atoms with Gasteiger partial charge in [-0.1, -0.05) is 6.92 Å². The van der Waals surface area contributed by atoms with Crippen LogP contribution in [0.3, 0.4) is 0 Å². The fourth-order valence-electron chi connectivity index (χ4n) is 1.05. The summed E-state index contributed by atoms with van der Waals surface area (Å²) >= 11 is 0. The Bertz CT molecular complexity index is 265. The maximum absolute atomic E-state index is 11.7. The summed E-state index contributed by atoms with van der Waals surface area (Å²) in [6.45, 7) is 6.94. The molecular weight excluding hydrogens is 214 g/mol. The second-order valence-corrected chi connectivity index (χ2v) is 5.94. The molecule has 1 atom stereocenters. The average molecular weight is 237 g/mol. The zero-order valence-electron chi connectivity index (χ0n) is 10.2. The molecule has 0 aromatic heterocycles. The SMILES string of the molecule is CNCC(C)CNS(=O)(=O)N(C)C(C)C. The lowest BCUT2D eigenvalue weighted by Gasteiger charge is -2.22. The van der Waals surface area contributed by atoms with Crippen LogP contribution in [0.15, 0.2) is 0 Å². The third kappa shape index (κ3) is 5.46. The van der Waals surface area contributed by atoms with E-state index >= 15 is 0 Å². The van der Waals surface area contributed by atoms with E-state index in [0.717, 1.165) is 6.54 Å². The Morgan fingerprint density at radius 1 is 1.20 bits per heavy atom. The molecule has 0 rings (SSSR count). The van der Waals surface area contributed by atoms with E-state index < -0.39 is 10.2 Å². The molecule has 0 spiro atoms. The van der Waals surface area contributed by atoms with Crippen LogP contribution in [0.2, 0.25) is 0 Å². The molecule has 1 unspecified atom stereocenters. The van der Waals surface area contributed by atoms with Crippen molar-refractivity contribution >= 4 is 10.2 Å². The lowest BCUT2D eigenvalue weighted by Crippen LogP contribution is -2.44. The quantitative estimate of drug-likeness (QED) is 0.656. The molecule has 0 saturated heterocycles. The maximum Gasteiger partial charge on any atom is 0.279 e. The van der Waals surface area contributed by atoms with Gasteiger partial charge < -0.3 is 5.32 Å². The smallest absolute Gasteiger partial charge is 0.279 e. The van der Waals surface area contributed by atoms with Crippen LogP contribution in [0.5, 0.6) is 0 Å². The first-order valence-corrected chi connectivity index (χ1v) is 6.62. The van der Waals surface area contributed by atoms with Gasteiger partial charge in [-0.15, -0.1) is 0 Å². The third-order valence-electron chi connectivity index (χ3n) is 2.27. The van der Waals surface area contributed by atoms with Crippen LogP contribution in [0.4, 0.5) is 0 Å². The van der Waals surface area contributed by atoms with Crippen LogP contribution in [-0.2, 0) is 10.2 Å². The molecule has 92 valence electrons. The van der Waals surface area contributed by atoms with E-state index in [1.54, 1.807) is 7.05 Å². The zero-order valence-corrected chi connectivity index (χ0v) is 11.1. The van der Waals surface area contributed by atoms with Gasteiger partial charge in [0.1, 0.15) is 0 Å². The summed E-state index contributed by atoms with van der Waals surface area (Å²) in [4.78, 5) is 0. The summed E-state index contributed by atoms with van der Waals surface area (Å²) in [6.07, 6.45) is 0. The largest absolute Gasteiger partial charge is 0.319 e. The van der Waals surface area contributed by atoms with E-state index in [2.05, 4.69) is 10.0 Å². The maximum atomic E-state index is 11.7. The van der Waals surface area contributed by atoms with Crippen LogP contribution >= 0.6 is 0 Å². The Labute approximate surface area is 93.4 Å². The van der Waals surface area contributed by atoms with Crippen LogP contribution < -0.4 is 10.0 Å². The number of hydrogen-bond donors (Lipinski definition) is 2. The summed E-state index contributed by atoms with van der Waals surface area (Å²) in [5.74, 6) is 0.283. The van der Waals surface area contributed by atoms with Crippen LogP contribution in [0.1, 0.15) is 20.8 Å². The second-order valence-electron chi connectivity index (χ2n) is 4.13. The molecule has 0 amide bonds. The van der Waals surface area contributed by atoms with Crippen molar-refractivity contribution in [2.75, 3.05) is 27.2 Å². The molecule has 0 heterocycles. The first-order chi connectivity index (χ1) is 6.81. The van der Waals surface area contributed by atoms with Gasteiger partial charge in [0, 0.05) is 19.6 Å². The normalized spacial score (nSPS) is 14.9. The van der Waals surface area contributed by atoms with Gasteiger partial charge in [0.25, 0.3) is 10.2 Å². The monoisotopic (exact) mass is 237 g/mol. The first kappa shape index (κ1) is 14.8. The number of nitrogens with zero attached hydrogens (tertiary/aromatic N) is 1. The van der Waals surface area contributed by atoms with Crippen LogP contribution in [0.25, 0.3) is 0 Å². The van der Waals surface area contributed by atoms with E-state index in [4.69, 9.17) is 0 Å². The van der Waals surface area contributed by atoms with Gasteiger partial charge in [-0.05, 0) is 33.4 Å². The molecule has 0 aromatic rings. The second kappa shape index (κ2) is 6.42. The van der Waals surface area contributed by atoms with E-state index in [-0.39, 0.29) is 12.0 Å². The molecule has 0 bridgehead atoms. The highest BCUT2D eigenvalue weighted by Gasteiger charge is 2.20. The van der Waals surface area contributed by atoms with Gasteiger partial charge in [0.05, 0.1) is 0 Å². The van der Waals surface area contributed by atoms with E-state index in [1.807, 2.05) is 27.8 Å². The van der Waals surface area contributed by atoms with Gasteiger partial charge >= 0.3 is 0 Å². The summed E-state index contributed by atoms with van der Waals surface area (Å²) in [6, 6.07) is -0.0258. The third-order valence-corrected chi connectivity index (χ3v) is 3.98. The molecule has 2 N–H and O–H groups in total. The van der Waals surface area contributed by atoms with Crippen molar-refractivity contribution in [3.63, 3.8) is 0 Å². The summed E-state index contributed by atoms with van der Waals surface area (Å²) in [5, 5.41) is 3.01. The van der Waals surface area contributed by atoms with Crippen molar-refractivity contribution in [2.24, 2.45) is 5.92 Å². The average Bonchev–Trinajstić information content (AvgIpc) is 2.14. The zero-order chi connectivity index (χ0) is 12.1. The highest BCUT2D eigenvalue weighted by Crippen LogP contribution is 2.01. The van der Waals surface area contributed by atoms with Gasteiger partial charge in [-0.25, -0.2) is 4.72 Å². The molecule has 0 aliphatic carbocycles. The van der Waals surface area contributed by atoms with Crippen molar-refractivity contribution in [1.82, 2.24) is 14.3 Å². The lowest BCUT2D eigenvalue weighted by atomic mass is 10.2. The van der Waals surface area contributed by atoms with Gasteiger partial charge in [-0.3, -0.25) is 0 Å². The van der Waals surface area contributed by atoms with Crippen molar-refractivity contribution < 1.29 is 8.42 Å². The molecule has 6 heteroatoms. The minimum absolute atomic E-state index is 0.0258. The van der Waals surface area contributed by atoms with Crippen LogP contribution in [0, 0.1) is 5.92 Å². The Balaban J connectivity index is 4.16. The number of rotatable bonds is 7. The Kier molecular flexibility index (Phi) is 6.35. The van der Waals surface area contributed by atoms with Gasteiger partial charge in [-0.2, -0.15) is 12.7 Å². The fraction of sp³-hybridized carbons (Fsp3) is 1.00. The number of hydrogen-bond acceptors (Lipinski definition) is 3. The summed E-state index contributed by atoms with van der Waals surface area (Å²) < 4.78 is 27.3. The van der Waals surface area contributed by atoms with Crippen LogP contribution in [-0.4, -0.2) is 45.9 Å². The standard InChI is InChI=1S/C9H23N3O2S/c1-8(2)12(5)15(13,14)11-7-9(3)6-10-4/h8-11H,6-7H2,1-5H3. The molecule has 0 saturated carbocycles. The molecule has 0 aliphatic rings. The minimum Gasteiger partial charge on any atom is -0.319 e. The number of nitrogens with one attached hydrogen (secondary N) is 2. The molecule has 0 fully saturated rings. The van der Waals surface area contributed by atoms with Crippen molar-refractivity contribution in [3.05, 3.63) is 0 Å². The Morgan fingerprint density at radius 3 is 2.13 bits per heavy atom.